The number of carboxylic acid groups (broad SMARTS) is 1. The molecule has 2 heterocycles. The van der Waals surface area contributed by atoms with Gasteiger partial charge in [0.25, 0.3) is 0 Å². The number of carboxylic acids is 1. The van der Waals surface area contributed by atoms with E-state index in [9.17, 15) is 4.79 Å². The molecule has 0 unspecified atom stereocenters. The Morgan fingerprint density at radius 3 is 2.90 bits per heavy atom. The van der Waals surface area contributed by atoms with Gasteiger partial charge in [-0.25, -0.2) is 14.3 Å². The lowest BCUT2D eigenvalue weighted by Crippen LogP contribution is -2.00. The van der Waals surface area contributed by atoms with Crippen LogP contribution in [0.5, 0.6) is 0 Å². The lowest BCUT2D eigenvalue weighted by molar-refractivity contribution is 0.0697. The third-order valence-corrected chi connectivity index (χ3v) is 3.29. The minimum atomic E-state index is -1.02. The van der Waals surface area contributed by atoms with Crippen molar-refractivity contribution < 1.29 is 9.90 Å². The molecule has 6 nitrogen and oxygen atoms in total. The van der Waals surface area contributed by atoms with Crippen molar-refractivity contribution in [1.29, 1.82) is 0 Å². The van der Waals surface area contributed by atoms with Crippen molar-refractivity contribution in [1.82, 2.24) is 14.6 Å². The van der Waals surface area contributed by atoms with Gasteiger partial charge in [-0.2, -0.15) is 5.10 Å². The number of fused-ring (bicyclic) bond motifs is 1. The number of halogens is 1. The quantitative estimate of drug-likeness (QED) is 0.777. The molecule has 0 radical (unpaired) electrons. The van der Waals surface area contributed by atoms with Gasteiger partial charge in [0.05, 0.1) is 22.0 Å². The number of aromatic nitrogens is 3. The van der Waals surface area contributed by atoms with Crippen LogP contribution in [0, 0.1) is 6.92 Å². The van der Waals surface area contributed by atoms with Crippen LogP contribution in [0.1, 0.15) is 16.1 Å². The second-order valence-electron chi connectivity index (χ2n) is 4.52. The average molecular weight is 303 g/mol. The lowest BCUT2D eigenvalue weighted by atomic mass is 10.2. The fourth-order valence-electron chi connectivity index (χ4n) is 2.02. The highest BCUT2D eigenvalue weighted by Crippen LogP contribution is 2.27. The van der Waals surface area contributed by atoms with E-state index in [1.165, 1.54) is 12.1 Å². The molecule has 3 rings (SSSR count). The molecule has 21 heavy (non-hydrogen) atoms. The zero-order chi connectivity index (χ0) is 15.0. The summed E-state index contributed by atoms with van der Waals surface area (Å²) in [7, 11) is 0. The summed E-state index contributed by atoms with van der Waals surface area (Å²) in [6.45, 7) is 1.89. The Labute approximate surface area is 125 Å². The number of carbonyl (C=O) groups is 1. The summed E-state index contributed by atoms with van der Waals surface area (Å²) in [4.78, 5) is 15.2. The molecule has 2 aromatic heterocycles. The highest BCUT2D eigenvalue weighted by molar-refractivity contribution is 6.33. The molecule has 0 atom stereocenters. The molecule has 0 aliphatic heterocycles. The zero-order valence-electron chi connectivity index (χ0n) is 11.0. The van der Waals surface area contributed by atoms with Crippen molar-refractivity contribution in [3.63, 3.8) is 0 Å². The molecule has 3 aromatic rings. The molecule has 0 bridgehead atoms. The Hall–Kier alpha value is -2.60. The molecule has 1 aromatic carbocycles. The third kappa shape index (κ3) is 2.53. The van der Waals surface area contributed by atoms with Crippen LogP contribution in [0.4, 0.5) is 11.5 Å². The predicted molar refractivity (Wildman–Crippen MR) is 79.4 cm³/mol. The molecule has 0 saturated carbocycles. The van der Waals surface area contributed by atoms with E-state index in [0.29, 0.717) is 16.5 Å². The fourth-order valence-corrected chi connectivity index (χ4v) is 2.25. The number of hydrogen-bond acceptors (Lipinski definition) is 4. The predicted octanol–water partition coefficient (Wildman–Crippen LogP) is 3.13. The maximum absolute atomic E-state index is 10.9. The van der Waals surface area contributed by atoms with Gasteiger partial charge in [0.2, 0.25) is 0 Å². The Kier molecular flexibility index (Phi) is 3.23. The van der Waals surface area contributed by atoms with Crippen molar-refractivity contribution in [3.8, 4) is 0 Å². The smallest absolute Gasteiger partial charge is 0.335 e. The summed E-state index contributed by atoms with van der Waals surface area (Å²) < 4.78 is 1.71. The van der Waals surface area contributed by atoms with Crippen molar-refractivity contribution >= 4 is 34.6 Å². The number of hydrogen-bond donors (Lipinski definition) is 2. The van der Waals surface area contributed by atoms with Gasteiger partial charge in [-0.1, -0.05) is 11.6 Å². The Morgan fingerprint density at radius 1 is 1.38 bits per heavy atom. The topological polar surface area (TPSA) is 79.5 Å². The van der Waals surface area contributed by atoms with Gasteiger partial charge in [-0.05, 0) is 31.2 Å². The number of rotatable bonds is 3. The summed E-state index contributed by atoms with van der Waals surface area (Å²) in [5.41, 5.74) is 2.41. The van der Waals surface area contributed by atoms with Gasteiger partial charge in [0.15, 0.2) is 5.82 Å². The summed E-state index contributed by atoms with van der Waals surface area (Å²) in [6.07, 6.45) is 3.38. The van der Waals surface area contributed by atoms with E-state index >= 15 is 0 Å². The van der Waals surface area contributed by atoms with Crippen LogP contribution in [-0.4, -0.2) is 25.7 Å². The van der Waals surface area contributed by atoms with E-state index in [0.717, 1.165) is 11.2 Å². The summed E-state index contributed by atoms with van der Waals surface area (Å²) in [5.74, 6) is -0.418. The van der Waals surface area contributed by atoms with Gasteiger partial charge in [0, 0.05) is 12.4 Å². The third-order valence-electron chi connectivity index (χ3n) is 2.98. The molecule has 0 aliphatic carbocycles. The highest BCUT2D eigenvalue weighted by atomic mass is 35.5. The van der Waals surface area contributed by atoms with Gasteiger partial charge in [-0.3, -0.25) is 0 Å². The molecule has 7 heteroatoms. The van der Waals surface area contributed by atoms with Gasteiger partial charge in [-0.15, -0.1) is 0 Å². The van der Waals surface area contributed by atoms with Gasteiger partial charge in [0.1, 0.15) is 5.52 Å². The zero-order valence-corrected chi connectivity index (χ0v) is 11.8. The van der Waals surface area contributed by atoms with Crippen molar-refractivity contribution in [2.75, 3.05) is 5.32 Å². The minimum Gasteiger partial charge on any atom is -0.478 e. The standard InChI is InChI=1S/C14H11ClN4O2/c1-8-6-12-13(16-4-5-19(12)18-8)17-11-3-2-9(14(20)21)7-10(11)15/h2-7H,1H3,(H,16,17)(H,20,21). The van der Waals surface area contributed by atoms with Crippen LogP contribution in [-0.2, 0) is 0 Å². The Morgan fingerprint density at radius 2 is 2.19 bits per heavy atom. The average Bonchev–Trinajstić information content (AvgIpc) is 2.82. The molecular formula is C14H11ClN4O2. The monoisotopic (exact) mass is 302 g/mol. The number of benzene rings is 1. The van der Waals surface area contributed by atoms with Crippen molar-refractivity contribution in [2.24, 2.45) is 0 Å². The molecule has 0 aliphatic rings. The van der Waals surface area contributed by atoms with Crippen LogP contribution < -0.4 is 5.32 Å². The second-order valence-corrected chi connectivity index (χ2v) is 4.92. The van der Waals surface area contributed by atoms with E-state index in [-0.39, 0.29) is 5.56 Å². The first kappa shape index (κ1) is 13.4. The minimum absolute atomic E-state index is 0.136. The van der Waals surface area contributed by atoms with Crippen LogP contribution in [0.15, 0.2) is 36.7 Å². The van der Waals surface area contributed by atoms with Gasteiger partial charge < -0.3 is 10.4 Å². The summed E-state index contributed by atoms with van der Waals surface area (Å²) in [5, 5.41) is 16.6. The van der Waals surface area contributed by atoms with Crippen LogP contribution in [0.3, 0.4) is 0 Å². The first-order valence-electron chi connectivity index (χ1n) is 6.15. The number of nitrogens with zero attached hydrogens (tertiary/aromatic N) is 3. The highest BCUT2D eigenvalue weighted by Gasteiger charge is 2.10. The van der Waals surface area contributed by atoms with E-state index < -0.39 is 5.97 Å². The lowest BCUT2D eigenvalue weighted by Gasteiger charge is -2.09. The number of aromatic carboxylic acids is 1. The fraction of sp³-hybridized carbons (Fsp3) is 0.0714. The maximum Gasteiger partial charge on any atom is 0.335 e. The largest absolute Gasteiger partial charge is 0.478 e. The summed E-state index contributed by atoms with van der Waals surface area (Å²) >= 11 is 6.10. The van der Waals surface area contributed by atoms with E-state index in [2.05, 4.69) is 15.4 Å². The molecule has 2 N–H and O–H groups in total. The molecule has 0 amide bonds. The number of nitrogens with one attached hydrogen (secondary N) is 1. The molecule has 0 saturated heterocycles. The molecular weight excluding hydrogens is 292 g/mol. The molecule has 106 valence electrons. The Bertz CT molecular complexity index is 844. The molecule has 0 fully saturated rings. The van der Waals surface area contributed by atoms with Crippen LogP contribution in [0.25, 0.3) is 5.52 Å². The van der Waals surface area contributed by atoms with E-state index in [4.69, 9.17) is 16.7 Å². The first-order valence-corrected chi connectivity index (χ1v) is 6.53. The van der Waals surface area contributed by atoms with Crippen molar-refractivity contribution in [3.05, 3.63) is 52.9 Å². The maximum atomic E-state index is 10.9. The normalized spacial score (nSPS) is 10.8. The van der Waals surface area contributed by atoms with Crippen molar-refractivity contribution in [2.45, 2.75) is 6.92 Å². The first-order chi connectivity index (χ1) is 10.0. The Balaban J connectivity index is 2.00. The number of aryl methyl sites for hydroxylation is 1. The molecule has 0 spiro atoms. The van der Waals surface area contributed by atoms with Crippen LogP contribution in [0.2, 0.25) is 5.02 Å². The SMILES string of the molecule is Cc1cc2c(Nc3ccc(C(=O)O)cc3Cl)nccn2n1. The summed E-state index contributed by atoms with van der Waals surface area (Å²) in [6, 6.07) is 6.39. The van der Waals surface area contributed by atoms with Crippen LogP contribution >= 0.6 is 11.6 Å². The van der Waals surface area contributed by atoms with E-state index in [1.54, 1.807) is 23.0 Å². The van der Waals surface area contributed by atoms with Gasteiger partial charge >= 0.3 is 5.97 Å². The second kappa shape index (κ2) is 5.06. The number of anilines is 2. The van der Waals surface area contributed by atoms with E-state index in [1.807, 2.05) is 13.0 Å².